The van der Waals surface area contributed by atoms with Gasteiger partial charge in [-0.2, -0.15) is 5.10 Å². The van der Waals surface area contributed by atoms with Gasteiger partial charge in [0.2, 0.25) is 5.91 Å². The van der Waals surface area contributed by atoms with E-state index in [9.17, 15) is 18.8 Å². The van der Waals surface area contributed by atoms with Crippen LogP contribution >= 0.6 is 0 Å². The van der Waals surface area contributed by atoms with Gasteiger partial charge in [0, 0.05) is 18.3 Å². The number of halogens is 1. The lowest BCUT2D eigenvalue weighted by atomic mass is 10.2. The van der Waals surface area contributed by atoms with Crippen LogP contribution in [0.5, 0.6) is 5.75 Å². The summed E-state index contributed by atoms with van der Waals surface area (Å²) >= 11 is 0. The van der Waals surface area contributed by atoms with Crippen molar-refractivity contribution in [3.8, 4) is 5.75 Å². The van der Waals surface area contributed by atoms with E-state index >= 15 is 0 Å². The Hall–Kier alpha value is -4.53. The van der Waals surface area contributed by atoms with E-state index in [0.29, 0.717) is 29.3 Å². The molecule has 0 saturated carbocycles. The molecule has 3 amide bonds. The van der Waals surface area contributed by atoms with Crippen LogP contribution in [0.25, 0.3) is 0 Å². The van der Waals surface area contributed by atoms with E-state index in [0.717, 1.165) is 5.56 Å². The van der Waals surface area contributed by atoms with E-state index in [1.54, 1.807) is 60.7 Å². The fourth-order valence-electron chi connectivity index (χ4n) is 2.64. The van der Waals surface area contributed by atoms with Crippen LogP contribution in [0.3, 0.4) is 0 Å². The van der Waals surface area contributed by atoms with Crippen LogP contribution in [0.15, 0.2) is 77.9 Å². The number of anilines is 2. The predicted octanol–water partition coefficient (Wildman–Crippen LogP) is 3.45. The Morgan fingerprint density at radius 3 is 2.06 bits per heavy atom. The van der Waals surface area contributed by atoms with Gasteiger partial charge in [-0.05, 0) is 71.8 Å². The predicted molar refractivity (Wildman–Crippen MR) is 122 cm³/mol. The van der Waals surface area contributed by atoms with Gasteiger partial charge >= 0.3 is 11.8 Å². The summed E-state index contributed by atoms with van der Waals surface area (Å²) in [7, 11) is 0. The van der Waals surface area contributed by atoms with Crippen molar-refractivity contribution in [3.63, 3.8) is 0 Å². The molecule has 3 rings (SSSR count). The molecule has 3 aromatic carbocycles. The molecule has 0 radical (unpaired) electrons. The maximum absolute atomic E-state index is 12.9. The summed E-state index contributed by atoms with van der Waals surface area (Å²) in [5.41, 5.74) is 4.64. The van der Waals surface area contributed by atoms with Gasteiger partial charge < -0.3 is 15.4 Å². The van der Waals surface area contributed by atoms with E-state index < -0.39 is 11.8 Å². The van der Waals surface area contributed by atoms with Crippen molar-refractivity contribution in [3.05, 3.63) is 89.7 Å². The summed E-state index contributed by atoms with van der Waals surface area (Å²) in [5.74, 6) is -1.72. The molecule has 0 heterocycles. The molecule has 0 fully saturated rings. The minimum atomic E-state index is -0.934. The Labute approximate surface area is 189 Å². The molecule has 0 atom stereocenters. The topological polar surface area (TPSA) is 109 Å². The highest BCUT2D eigenvalue weighted by Crippen LogP contribution is 2.14. The molecule has 9 heteroatoms. The van der Waals surface area contributed by atoms with Crippen LogP contribution < -0.4 is 20.8 Å². The third-order valence-electron chi connectivity index (χ3n) is 4.25. The van der Waals surface area contributed by atoms with Crippen molar-refractivity contribution in [2.45, 2.75) is 13.5 Å². The standard InChI is InChI=1S/C24H21FN4O4/c1-16(30)27-20-8-10-21(11-9-20)28-23(31)24(32)29-26-14-17-4-12-22(13-5-17)33-15-18-2-6-19(25)7-3-18/h2-14H,15H2,1H3,(H,27,30)(H,28,31)(H,29,32)/b26-14+. The average molecular weight is 448 g/mol. The summed E-state index contributed by atoms with van der Waals surface area (Å²) in [6.45, 7) is 1.69. The molecule has 8 nitrogen and oxygen atoms in total. The Kier molecular flexibility index (Phi) is 7.85. The van der Waals surface area contributed by atoms with Crippen LogP contribution in [-0.2, 0) is 21.0 Å². The number of hydrogen-bond donors (Lipinski definition) is 3. The molecular formula is C24H21FN4O4. The highest BCUT2D eigenvalue weighted by Gasteiger charge is 2.12. The first-order chi connectivity index (χ1) is 15.9. The lowest BCUT2D eigenvalue weighted by Gasteiger charge is -2.07. The number of hydrazone groups is 1. The SMILES string of the molecule is CC(=O)Nc1ccc(NC(=O)C(=O)N/N=C/c2ccc(OCc3ccc(F)cc3)cc2)cc1. The van der Waals surface area contributed by atoms with Gasteiger partial charge in [-0.15, -0.1) is 0 Å². The molecule has 0 saturated heterocycles. The number of nitrogens with zero attached hydrogens (tertiary/aromatic N) is 1. The summed E-state index contributed by atoms with van der Waals surface area (Å²) in [5, 5.41) is 8.81. The number of carbonyl (C=O) groups excluding carboxylic acids is 3. The van der Waals surface area contributed by atoms with Crippen LogP contribution in [-0.4, -0.2) is 23.9 Å². The van der Waals surface area contributed by atoms with Crippen molar-refractivity contribution >= 4 is 35.3 Å². The van der Waals surface area contributed by atoms with E-state index in [-0.39, 0.29) is 11.7 Å². The molecule has 0 unspecified atom stereocenters. The smallest absolute Gasteiger partial charge is 0.329 e. The van der Waals surface area contributed by atoms with Crippen LogP contribution in [0.2, 0.25) is 0 Å². The minimum absolute atomic E-state index is 0.212. The molecule has 33 heavy (non-hydrogen) atoms. The molecule has 3 N–H and O–H groups in total. The molecule has 168 valence electrons. The van der Waals surface area contributed by atoms with Gasteiger partial charge in [0.25, 0.3) is 0 Å². The Morgan fingerprint density at radius 2 is 1.45 bits per heavy atom. The fraction of sp³-hybridized carbons (Fsp3) is 0.0833. The summed E-state index contributed by atoms with van der Waals surface area (Å²) in [4.78, 5) is 34.9. The molecule has 3 aromatic rings. The summed E-state index contributed by atoms with van der Waals surface area (Å²) in [6.07, 6.45) is 1.39. The molecule has 0 bridgehead atoms. The highest BCUT2D eigenvalue weighted by molar-refractivity contribution is 6.39. The normalized spacial score (nSPS) is 10.5. The molecule has 0 aliphatic heterocycles. The number of hydrogen-bond acceptors (Lipinski definition) is 5. The van der Waals surface area contributed by atoms with Gasteiger partial charge in [-0.1, -0.05) is 12.1 Å². The van der Waals surface area contributed by atoms with Gasteiger partial charge in [0.05, 0.1) is 6.21 Å². The van der Waals surface area contributed by atoms with E-state index in [4.69, 9.17) is 4.74 Å². The second-order valence-corrected chi connectivity index (χ2v) is 6.90. The van der Waals surface area contributed by atoms with Crippen molar-refractivity contribution in [1.29, 1.82) is 0 Å². The zero-order valence-corrected chi connectivity index (χ0v) is 17.7. The first-order valence-electron chi connectivity index (χ1n) is 9.88. The Morgan fingerprint density at radius 1 is 0.848 bits per heavy atom. The maximum Gasteiger partial charge on any atom is 0.329 e. The average Bonchev–Trinajstić information content (AvgIpc) is 2.80. The van der Waals surface area contributed by atoms with Crippen molar-refractivity contribution in [1.82, 2.24) is 5.43 Å². The first-order valence-corrected chi connectivity index (χ1v) is 9.88. The van der Waals surface area contributed by atoms with Gasteiger partial charge in [-0.25, -0.2) is 9.82 Å². The number of rotatable bonds is 7. The Bertz CT molecular complexity index is 1140. The second-order valence-electron chi connectivity index (χ2n) is 6.90. The zero-order chi connectivity index (χ0) is 23.6. The van der Waals surface area contributed by atoms with Crippen LogP contribution in [0, 0.1) is 5.82 Å². The Balaban J connectivity index is 1.44. The zero-order valence-electron chi connectivity index (χ0n) is 17.7. The highest BCUT2D eigenvalue weighted by atomic mass is 19.1. The number of amides is 3. The van der Waals surface area contributed by atoms with Gasteiger partial charge in [0.15, 0.2) is 0 Å². The van der Waals surface area contributed by atoms with Crippen LogP contribution in [0.1, 0.15) is 18.1 Å². The quantitative estimate of drug-likeness (QED) is 0.292. The molecule has 0 aliphatic rings. The third kappa shape index (κ3) is 7.59. The number of benzene rings is 3. The fourth-order valence-corrected chi connectivity index (χ4v) is 2.64. The number of nitrogens with one attached hydrogen (secondary N) is 3. The second kappa shape index (κ2) is 11.2. The van der Waals surface area contributed by atoms with Crippen molar-refractivity contribution in [2.75, 3.05) is 10.6 Å². The lowest BCUT2D eigenvalue weighted by molar-refractivity contribution is -0.136. The van der Waals surface area contributed by atoms with Crippen molar-refractivity contribution in [2.24, 2.45) is 5.10 Å². The van der Waals surface area contributed by atoms with E-state index in [1.807, 2.05) is 0 Å². The van der Waals surface area contributed by atoms with Gasteiger partial charge in [0.1, 0.15) is 18.2 Å². The molecule has 0 aromatic heterocycles. The van der Waals surface area contributed by atoms with Crippen LogP contribution in [0.4, 0.5) is 15.8 Å². The van der Waals surface area contributed by atoms with Crippen molar-refractivity contribution < 1.29 is 23.5 Å². The van der Waals surface area contributed by atoms with E-state index in [1.165, 1.54) is 25.3 Å². The maximum atomic E-state index is 12.9. The largest absolute Gasteiger partial charge is 0.489 e. The number of carbonyl (C=O) groups is 3. The molecule has 0 spiro atoms. The monoisotopic (exact) mass is 448 g/mol. The molecule has 0 aliphatic carbocycles. The lowest BCUT2D eigenvalue weighted by Crippen LogP contribution is -2.32. The van der Waals surface area contributed by atoms with E-state index in [2.05, 4.69) is 21.2 Å². The molecular weight excluding hydrogens is 427 g/mol. The minimum Gasteiger partial charge on any atom is -0.489 e. The third-order valence-corrected chi connectivity index (χ3v) is 4.25. The summed E-state index contributed by atoms with van der Waals surface area (Å²) < 4.78 is 18.6. The van der Waals surface area contributed by atoms with Gasteiger partial charge in [-0.3, -0.25) is 14.4 Å². The number of ether oxygens (including phenoxy) is 1. The first kappa shape index (κ1) is 23.1. The summed E-state index contributed by atoms with van der Waals surface area (Å²) in [6, 6.07) is 19.3.